The lowest BCUT2D eigenvalue weighted by atomic mass is 9.92. The van der Waals surface area contributed by atoms with Crippen molar-refractivity contribution in [1.29, 1.82) is 0 Å². The standard InChI is InChI=1S/C51H80N8O17/c1-13-29(8)42(30(9)73-12)57(10)49(71)40(27(4)5)56-48(70)41(28(6)7)58(11)51(72)75-24-31-14-16-32(17-15-31)53-46(68)33(25-74-50-45(67)44(66)43(65)34(23-60)76-50)54-47(69)39(26(2)3)55-35(61)20-21-52-36(62)22-59-37(63)18-19-38(59)64/h14-19,26-30,33-34,39-45,50,60,65-67H,13,20-25H2,1-12H3,(H,52,62)(H,53,68)(H,54,69)(H,55,61)(H,56,70)/t29-,30+,33-,34+,39-,40-,41-,42-,43+,44-,45+,50+/m0/s1. The number of ether oxygens (including phenoxy) is 4. The molecule has 3 rings (SSSR count). The van der Waals surface area contributed by atoms with E-state index in [-0.39, 0.29) is 55.1 Å². The van der Waals surface area contributed by atoms with Crippen molar-refractivity contribution in [2.24, 2.45) is 23.7 Å². The number of likely N-dealkylation sites (N-methyl/N-ethyl adjacent to an activating group) is 2. The van der Waals surface area contributed by atoms with E-state index >= 15 is 0 Å². The normalized spacial score (nSPS) is 21.2. The molecule has 0 spiro atoms. The Morgan fingerprint density at radius 3 is 1.89 bits per heavy atom. The van der Waals surface area contributed by atoms with E-state index in [4.69, 9.17) is 18.9 Å². The van der Waals surface area contributed by atoms with Gasteiger partial charge in [-0.3, -0.25) is 48.2 Å². The molecule has 0 saturated carbocycles. The number of hydrogen-bond donors (Lipinski definition) is 9. The van der Waals surface area contributed by atoms with Gasteiger partial charge in [0.25, 0.3) is 11.8 Å². The van der Waals surface area contributed by atoms with E-state index in [2.05, 4.69) is 26.6 Å². The van der Waals surface area contributed by atoms with E-state index in [0.29, 0.717) is 10.5 Å². The molecule has 25 nitrogen and oxygen atoms in total. The predicted molar refractivity (Wildman–Crippen MR) is 273 cm³/mol. The zero-order valence-electron chi connectivity index (χ0n) is 45.5. The van der Waals surface area contributed by atoms with Gasteiger partial charge < -0.3 is 70.9 Å². The predicted octanol–water partition coefficient (Wildman–Crippen LogP) is -0.860. The molecule has 25 heteroatoms. The molecule has 76 heavy (non-hydrogen) atoms. The molecule has 2 heterocycles. The monoisotopic (exact) mass is 1080 g/mol. The van der Waals surface area contributed by atoms with Crippen molar-refractivity contribution in [2.45, 2.75) is 149 Å². The van der Waals surface area contributed by atoms with Gasteiger partial charge in [0.05, 0.1) is 25.4 Å². The van der Waals surface area contributed by atoms with Crippen LogP contribution in [-0.4, -0.2) is 203 Å². The number of nitrogens with zero attached hydrogens (tertiary/aromatic N) is 3. The van der Waals surface area contributed by atoms with Crippen LogP contribution in [0.2, 0.25) is 0 Å². The SMILES string of the molecule is CC[C@H](C)[C@@H]([C@@H](C)OC)N(C)C(=O)[C@@H](NC(=O)[C@H](C(C)C)N(C)C(=O)OCc1ccc(NC(=O)[C@H](CO[C@@H]2O[C@H](CO)[C@@H](O)[C@H](O)[C@H]2O)NC(=O)[C@@H](NC(=O)CCNC(=O)CN2C(=O)C=CC2=O)C(C)C)cc1)C(C)C. The Morgan fingerprint density at radius 1 is 0.750 bits per heavy atom. The molecule has 0 bridgehead atoms. The summed E-state index contributed by atoms with van der Waals surface area (Å²) >= 11 is 0. The molecule has 1 fully saturated rings. The third-order valence-electron chi connectivity index (χ3n) is 13.3. The fourth-order valence-corrected chi connectivity index (χ4v) is 8.58. The Hall–Kier alpha value is -6.09. The molecular weight excluding hydrogens is 997 g/mol. The van der Waals surface area contributed by atoms with Gasteiger partial charge >= 0.3 is 6.09 Å². The van der Waals surface area contributed by atoms with Crippen LogP contribution in [0.15, 0.2) is 36.4 Å². The second-order valence-corrected chi connectivity index (χ2v) is 20.1. The van der Waals surface area contributed by atoms with Gasteiger partial charge in [-0.1, -0.05) is 73.9 Å². The number of imide groups is 1. The van der Waals surface area contributed by atoms with Gasteiger partial charge in [-0.25, -0.2) is 4.79 Å². The number of amides is 9. The van der Waals surface area contributed by atoms with Gasteiger partial charge in [-0.2, -0.15) is 0 Å². The zero-order chi connectivity index (χ0) is 57.3. The van der Waals surface area contributed by atoms with Crippen LogP contribution in [-0.2, 0) is 63.9 Å². The van der Waals surface area contributed by atoms with E-state index in [1.807, 2.05) is 34.6 Å². The number of carbonyl (C=O) groups excluding carboxylic acids is 9. The molecule has 1 aromatic rings. The van der Waals surface area contributed by atoms with Crippen molar-refractivity contribution >= 4 is 59.0 Å². The summed E-state index contributed by atoms with van der Waals surface area (Å²) in [5, 5.41) is 53.8. The highest BCUT2D eigenvalue weighted by molar-refractivity contribution is 6.14. The number of nitrogens with one attached hydrogen (secondary N) is 5. The number of hydrogen-bond acceptors (Lipinski definition) is 17. The number of aliphatic hydroxyl groups is 4. The summed E-state index contributed by atoms with van der Waals surface area (Å²) in [6.45, 7) is 13.8. The number of anilines is 1. The van der Waals surface area contributed by atoms with Crippen molar-refractivity contribution in [2.75, 3.05) is 52.8 Å². The summed E-state index contributed by atoms with van der Waals surface area (Å²) in [5.41, 5.74) is 0.665. The smallest absolute Gasteiger partial charge is 0.410 e. The minimum absolute atomic E-state index is 0.103. The number of rotatable bonds is 28. The largest absolute Gasteiger partial charge is 0.445 e. The van der Waals surface area contributed by atoms with Gasteiger partial charge in [0.15, 0.2) is 6.29 Å². The fraction of sp³-hybridized carbons (Fsp3) is 0.667. The van der Waals surface area contributed by atoms with E-state index in [9.17, 15) is 63.6 Å². The van der Waals surface area contributed by atoms with Crippen LogP contribution in [0.25, 0.3) is 0 Å². The lowest BCUT2D eigenvalue weighted by Crippen LogP contribution is -2.60. The Morgan fingerprint density at radius 2 is 1.36 bits per heavy atom. The lowest BCUT2D eigenvalue weighted by Gasteiger charge is -2.40. The van der Waals surface area contributed by atoms with Crippen molar-refractivity contribution in [3.8, 4) is 0 Å². The van der Waals surface area contributed by atoms with Crippen LogP contribution < -0.4 is 26.6 Å². The average molecular weight is 1080 g/mol. The molecule has 1 saturated heterocycles. The van der Waals surface area contributed by atoms with E-state index in [1.165, 1.54) is 31.3 Å². The first-order valence-corrected chi connectivity index (χ1v) is 25.4. The van der Waals surface area contributed by atoms with Gasteiger partial charge in [0, 0.05) is 52.0 Å². The maximum atomic E-state index is 14.0. The Kier molecular flexibility index (Phi) is 25.3. The minimum Gasteiger partial charge on any atom is -0.445 e. The van der Waals surface area contributed by atoms with Crippen molar-refractivity contribution < 1.29 is 82.5 Å². The van der Waals surface area contributed by atoms with Gasteiger partial charge in [0.1, 0.15) is 61.7 Å². The van der Waals surface area contributed by atoms with Gasteiger partial charge in [-0.05, 0) is 48.3 Å². The van der Waals surface area contributed by atoms with Crippen LogP contribution in [0.5, 0.6) is 0 Å². The van der Waals surface area contributed by atoms with Crippen LogP contribution in [0.4, 0.5) is 10.5 Å². The van der Waals surface area contributed by atoms with Gasteiger partial charge in [0.2, 0.25) is 35.4 Å². The second-order valence-electron chi connectivity index (χ2n) is 20.1. The molecule has 0 unspecified atom stereocenters. The quantitative estimate of drug-likeness (QED) is 0.0461. The highest BCUT2D eigenvalue weighted by atomic mass is 16.7. The summed E-state index contributed by atoms with van der Waals surface area (Å²) in [4.78, 5) is 121. The summed E-state index contributed by atoms with van der Waals surface area (Å²) < 4.78 is 22.3. The second kappa shape index (κ2) is 30.0. The van der Waals surface area contributed by atoms with Crippen LogP contribution in [0, 0.1) is 23.7 Å². The van der Waals surface area contributed by atoms with E-state index < -0.39 is 134 Å². The molecule has 2 aliphatic heterocycles. The number of carbonyl (C=O) groups is 9. The van der Waals surface area contributed by atoms with Crippen LogP contribution in [0.3, 0.4) is 0 Å². The molecule has 12 atom stereocenters. The molecule has 9 amide bonds. The highest BCUT2D eigenvalue weighted by Crippen LogP contribution is 2.24. The molecule has 0 radical (unpaired) electrons. The number of benzene rings is 1. The zero-order valence-corrected chi connectivity index (χ0v) is 45.5. The number of aliphatic hydroxyl groups excluding tert-OH is 4. The molecule has 426 valence electrons. The van der Waals surface area contributed by atoms with Crippen molar-refractivity contribution in [3.05, 3.63) is 42.0 Å². The topological polar surface area (TPSA) is 341 Å². The molecule has 0 aromatic heterocycles. The highest BCUT2D eigenvalue weighted by Gasteiger charge is 2.45. The van der Waals surface area contributed by atoms with Crippen LogP contribution in [0.1, 0.15) is 80.7 Å². The number of methoxy groups -OCH3 is 1. The fourth-order valence-electron chi connectivity index (χ4n) is 8.58. The Balaban J connectivity index is 1.71. The van der Waals surface area contributed by atoms with Crippen molar-refractivity contribution in [3.63, 3.8) is 0 Å². The summed E-state index contributed by atoms with van der Waals surface area (Å²) in [5.74, 6) is -6.42. The van der Waals surface area contributed by atoms with E-state index in [1.54, 1.807) is 46.8 Å². The average Bonchev–Trinajstić information content (AvgIpc) is 3.68. The maximum Gasteiger partial charge on any atom is 0.410 e. The molecular formula is C51H80N8O17. The van der Waals surface area contributed by atoms with Crippen LogP contribution >= 0.6 is 0 Å². The lowest BCUT2D eigenvalue weighted by molar-refractivity contribution is -0.301. The first-order valence-electron chi connectivity index (χ1n) is 25.4. The minimum atomic E-state index is -1.85. The Bertz CT molecular complexity index is 2160. The van der Waals surface area contributed by atoms with Crippen molar-refractivity contribution in [1.82, 2.24) is 36.0 Å². The molecule has 1 aromatic carbocycles. The summed E-state index contributed by atoms with van der Waals surface area (Å²) in [7, 11) is 4.70. The molecule has 0 aliphatic carbocycles. The summed E-state index contributed by atoms with van der Waals surface area (Å²) in [6, 6.07) is 0.993. The Labute approximate surface area is 443 Å². The van der Waals surface area contributed by atoms with Gasteiger partial charge in [-0.15, -0.1) is 0 Å². The maximum absolute atomic E-state index is 14.0. The molecule has 2 aliphatic rings. The third kappa shape index (κ3) is 17.7. The first-order chi connectivity index (χ1) is 35.7. The van der Waals surface area contributed by atoms with E-state index in [0.717, 1.165) is 23.5 Å². The summed E-state index contributed by atoms with van der Waals surface area (Å²) in [6.07, 6.45) is -6.98. The molecule has 9 N–H and O–H groups in total. The third-order valence-corrected chi connectivity index (χ3v) is 13.3. The first kappa shape index (κ1) is 64.2.